The molecular weight excluding hydrogens is 486 g/mol. The molecule has 0 aromatic heterocycles. The number of alkyl carbamates (subject to hydrolysis) is 1. The lowest BCUT2D eigenvalue weighted by Crippen LogP contribution is -2.51. The summed E-state index contributed by atoms with van der Waals surface area (Å²) < 4.78 is 5.37. The second-order valence-corrected chi connectivity index (χ2v) is 10.9. The Labute approximate surface area is 224 Å². The van der Waals surface area contributed by atoms with Gasteiger partial charge in [0, 0.05) is 11.7 Å². The van der Waals surface area contributed by atoms with Gasteiger partial charge in [0.1, 0.15) is 17.7 Å². The number of carbonyl (C=O) groups is 3. The lowest BCUT2D eigenvalue weighted by molar-refractivity contribution is -0.136. The Morgan fingerprint density at radius 2 is 1.73 bits per heavy atom. The van der Waals surface area contributed by atoms with Crippen molar-refractivity contribution in [3.63, 3.8) is 0 Å². The molecule has 2 unspecified atom stereocenters. The van der Waals surface area contributed by atoms with Crippen LogP contribution in [0.2, 0.25) is 0 Å². The van der Waals surface area contributed by atoms with Crippen molar-refractivity contribution in [2.24, 2.45) is 0 Å². The molecule has 198 valence electrons. The van der Waals surface area contributed by atoms with Crippen LogP contribution < -0.4 is 10.6 Å². The van der Waals surface area contributed by atoms with Gasteiger partial charge in [-0.25, -0.2) is 4.79 Å². The number of benzene rings is 2. The van der Waals surface area contributed by atoms with Gasteiger partial charge in [0.15, 0.2) is 0 Å². The number of nitrogens with zero attached hydrogens (tertiary/aromatic N) is 1. The fraction of sp³-hybridized carbons (Fsp3) is 0.414. The predicted octanol–water partition coefficient (Wildman–Crippen LogP) is 5.36. The fourth-order valence-corrected chi connectivity index (χ4v) is 4.11. The molecule has 0 aliphatic carbocycles. The van der Waals surface area contributed by atoms with E-state index >= 15 is 0 Å². The topological polar surface area (TPSA) is 87.7 Å². The molecule has 0 aliphatic rings. The first kappa shape index (κ1) is 29.8. The third-order valence-corrected chi connectivity index (χ3v) is 6.38. The second-order valence-electron chi connectivity index (χ2n) is 9.87. The van der Waals surface area contributed by atoms with Crippen molar-refractivity contribution in [2.45, 2.75) is 65.6 Å². The molecule has 0 saturated carbocycles. The van der Waals surface area contributed by atoms with Crippen molar-refractivity contribution >= 4 is 35.4 Å². The number of rotatable bonds is 9. The zero-order valence-corrected chi connectivity index (χ0v) is 23.5. The maximum Gasteiger partial charge on any atom is 0.408 e. The molecule has 37 heavy (non-hydrogen) atoms. The van der Waals surface area contributed by atoms with Gasteiger partial charge < -0.3 is 15.4 Å². The number of amides is 3. The van der Waals surface area contributed by atoms with E-state index in [1.54, 1.807) is 32.9 Å². The highest BCUT2D eigenvalue weighted by molar-refractivity contribution is 7.98. The van der Waals surface area contributed by atoms with E-state index < -0.39 is 35.6 Å². The molecule has 0 saturated heterocycles. The molecule has 0 heterocycles. The Hall–Kier alpha value is -3.44. The van der Waals surface area contributed by atoms with Crippen molar-refractivity contribution in [2.75, 3.05) is 17.3 Å². The number of aryl methyl sites for hydroxylation is 3. The monoisotopic (exact) mass is 523 g/mol. The molecule has 2 N–H and O–H groups in total. The minimum atomic E-state index is -1.12. The van der Waals surface area contributed by atoms with E-state index in [0.29, 0.717) is 23.4 Å². The van der Waals surface area contributed by atoms with E-state index in [2.05, 4.69) is 16.7 Å². The van der Waals surface area contributed by atoms with Gasteiger partial charge in [-0.1, -0.05) is 42.8 Å². The summed E-state index contributed by atoms with van der Waals surface area (Å²) in [5.41, 5.74) is 3.33. The van der Waals surface area contributed by atoms with Crippen LogP contribution in [0, 0.1) is 33.2 Å². The molecule has 0 bridgehead atoms. The minimum absolute atomic E-state index is 0.316. The van der Waals surface area contributed by atoms with Crippen LogP contribution in [0.25, 0.3) is 0 Å². The first-order valence-electron chi connectivity index (χ1n) is 12.1. The summed E-state index contributed by atoms with van der Waals surface area (Å²) in [6.07, 6.45) is 7.36. The Kier molecular flexibility index (Phi) is 10.6. The van der Waals surface area contributed by atoms with Crippen molar-refractivity contribution < 1.29 is 19.1 Å². The van der Waals surface area contributed by atoms with Gasteiger partial charge in [-0.05, 0) is 88.3 Å². The van der Waals surface area contributed by atoms with Gasteiger partial charge in [0.25, 0.3) is 11.8 Å². The first-order chi connectivity index (χ1) is 17.4. The Morgan fingerprint density at radius 3 is 2.30 bits per heavy atom. The molecule has 2 rings (SSSR count). The highest BCUT2D eigenvalue weighted by Crippen LogP contribution is 2.27. The number of ether oxygens (including phenoxy) is 1. The molecular formula is C29H37N3O4S. The lowest BCUT2D eigenvalue weighted by atomic mass is 9.98. The number of hydrogen-bond acceptors (Lipinski definition) is 5. The summed E-state index contributed by atoms with van der Waals surface area (Å²) in [5, 5.41) is 5.58. The first-order valence-corrected chi connectivity index (χ1v) is 13.5. The summed E-state index contributed by atoms with van der Waals surface area (Å²) in [6.45, 7) is 11.0. The van der Waals surface area contributed by atoms with Crippen LogP contribution in [0.15, 0.2) is 42.5 Å². The van der Waals surface area contributed by atoms with Crippen LogP contribution in [-0.2, 0) is 14.3 Å². The van der Waals surface area contributed by atoms with Crippen LogP contribution in [-0.4, -0.2) is 46.5 Å². The summed E-state index contributed by atoms with van der Waals surface area (Å²) in [7, 11) is 0. The van der Waals surface area contributed by atoms with E-state index in [4.69, 9.17) is 11.2 Å². The number of nitrogens with one attached hydrogen (secondary N) is 2. The maximum atomic E-state index is 13.8. The summed E-state index contributed by atoms with van der Waals surface area (Å²) in [4.78, 5) is 41.1. The maximum absolute atomic E-state index is 13.8. The standard InChI is InChI=1S/C29H37N3O4S/c1-9-32(27(34)24(16-17-37-8)31-28(35)36-29(5,6)7)25(22-15-14-19(2)21(4)18-22)26(33)30-23-13-11-10-12-20(23)3/h1,10-15,18,24-25H,16-17H2,2-8H3,(H,30,33)(H,31,35). The molecule has 0 aliphatic heterocycles. The van der Waals surface area contributed by atoms with Crippen molar-refractivity contribution in [1.29, 1.82) is 0 Å². The normalized spacial score (nSPS) is 12.6. The van der Waals surface area contributed by atoms with Gasteiger partial charge in [-0.3, -0.25) is 14.5 Å². The largest absolute Gasteiger partial charge is 0.444 e. The average Bonchev–Trinajstić information content (AvgIpc) is 2.81. The predicted molar refractivity (Wildman–Crippen MR) is 150 cm³/mol. The Morgan fingerprint density at radius 1 is 1.05 bits per heavy atom. The van der Waals surface area contributed by atoms with Gasteiger partial charge in [0.2, 0.25) is 0 Å². The smallest absolute Gasteiger partial charge is 0.408 e. The van der Waals surface area contributed by atoms with Crippen molar-refractivity contribution in [1.82, 2.24) is 10.2 Å². The zero-order valence-electron chi connectivity index (χ0n) is 22.7. The number of carbonyl (C=O) groups excluding carboxylic acids is 3. The highest BCUT2D eigenvalue weighted by Gasteiger charge is 2.36. The van der Waals surface area contributed by atoms with Crippen LogP contribution in [0.1, 0.15) is 55.5 Å². The second kappa shape index (κ2) is 13.2. The Balaban J connectivity index is 2.49. The molecule has 7 nitrogen and oxygen atoms in total. The van der Waals surface area contributed by atoms with Gasteiger partial charge >= 0.3 is 6.09 Å². The third-order valence-electron chi connectivity index (χ3n) is 5.73. The van der Waals surface area contributed by atoms with Crippen LogP contribution in [0.4, 0.5) is 10.5 Å². The lowest BCUT2D eigenvalue weighted by Gasteiger charge is -2.30. The summed E-state index contributed by atoms with van der Waals surface area (Å²) in [6, 6.07) is 13.2. The van der Waals surface area contributed by atoms with Crippen LogP contribution >= 0.6 is 11.8 Å². The molecule has 2 aromatic carbocycles. The van der Waals surface area contributed by atoms with Crippen molar-refractivity contribution in [3.8, 4) is 12.5 Å². The van der Waals surface area contributed by atoms with E-state index in [-0.39, 0.29) is 0 Å². The Bertz CT molecular complexity index is 1170. The number of hydrogen-bond donors (Lipinski definition) is 2. The van der Waals surface area contributed by atoms with E-state index in [9.17, 15) is 14.4 Å². The van der Waals surface area contributed by atoms with Gasteiger partial charge in [0.05, 0.1) is 0 Å². The van der Waals surface area contributed by atoms with Crippen LogP contribution in [0.3, 0.4) is 0 Å². The molecule has 0 spiro atoms. The molecule has 2 atom stereocenters. The van der Waals surface area contributed by atoms with E-state index in [1.807, 2.05) is 57.4 Å². The number of terminal acetylenes is 1. The quantitative estimate of drug-likeness (QED) is 0.341. The van der Waals surface area contributed by atoms with E-state index in [1.165, 1.54) is 11.8 Å². The molecule has 0 fully saturated rings. The van der Waals surface area contributed by atoms with Crippen LogP contribution in [0.5, 0.6) is 0 Å². The third kappa shape index (κ3) is 8.57. The number of anilines is 1. The number of para-hydroxylation sites is 1. The minimum Gasteiger partial charge on any atom is -0.444 e. The molecule has 0 radical (unpaired) electrons. The molecule has 8 heteroatoms. The van der Waals surface area contributed by atoms with Gasteiger partial charge in [-0.15, -0.1) is 0 Å². The summed E-state index contributed by atoms with van der Waals surface area (Å²) in [5.74, 6) is -0.427. The zero-order chi connectivity index (χ0) is 27.8. The molecule has 3 amide bonds. The molecule has 2 aromatic rings. The van der Waals surface area contributed by atoms with E-state index in [0.717, 1.165) is 21.6 Å². The average molecular weight is 524 g/mol. The summed E-state index contributed by atoms with van der Waals surface area (Å²) >= 11 is 1.53. The van der Waals surface area contributed by atoms with Gasteiger partial charge in [-0.2, -0.15) is 11.8 Å². The highest BCUT2D eigenvalue weighted by atomic mass is 32.2. The SMILES string of the molecule is C#CN(C(=O)C(CCSC)NC(=O)OC(C)(C)C)C(C(=O)Nc1ccccc1C)c1ccc(C)c(C)c1. The van der Waals surface area contributed by atoms with Crippen molar-refractivity contribution in [3.05, 3.63) is 64.7 Å². The number of thioether (sulfide) groups is 1. The fourth-order valence-electron chi connectivity index (χ4n) is 3.64.